The summed E-state index contributed by atoms with van der Waals surface area (Å²) in [6, 6.07) is 0. The fourth-order valence-electron chi connectivity index (χ4n) is 2.31. The Morgan fingerprint density at radius 2 is 2.32 bits per heavy atom. The number of carbonyl (C=O) groups is 1. The molecule has 1 aliphatic heterocycles. The van der Waals surface area contributed by atoms with Gasteiger partial charge in [-0.15, -0.1) is 23.7 Å². The first-order valence-corrected chi connectivity index (χ1v) is 7.35. The van der Waals surface area contributed by atoms with E-state index in [1.807, 2.05) is 6.92 Å². The van der Waals surface area contributed by atoms with Gasteiger partial charge in [0, 0.05) is 11.4 Å². The SMILES string of the molecule is CCc1nc(NC(=O)C2(C)CCCNC2)sc1C.Cl. The molecule has 1 aromatic rings. The summed E-state index contributed by atoms with van der Waals surface area (Å²) in [7, 11) is 0. The van der Waals surface area contributed by atoms with E-state index in [0.29, 0.717) is 0 Å². The van der Waals surface area contributed by atoms with E-state index in [4.69, 9.17) is 0 Å². The number of anilines is 1. The van der Waals surface area contributed by atoms with Crippen LogP contribution in [0, 0.1) is 12.3 Å². The normalized spacial score (nSPS) is 22.7. The van der Waals surface area contributed by atoms with E-state index < -0.39 is 0 Å². The number of nitrogens with zero attached hydrogens (tertiary/aromatic N) is 1. The molecule has 0 aliphatic carbocycles. The van der Waals surface area contributed by atoms with Gasteiger partial charge in [0.2, 0.25) is 5.91 Å². The number of halogens is 1. The van der Waals surface area contributed by atoms with Crippen LogP contribution in [0.2, 0.25) is 0 Å². The van der Waals surface area contributed by atoms with Crippen molar-refractivity contribution in [1.82, 2.24) is 10.3 Å². The van der Waals surface area contributed by atoms with Crippen molar-refractivity contribution < 1.29 is 4.79 Å². The van der Waals surface area contributed by atoms with Gasteiger partial charge >= 0.3 is 0 Å². The van der Waals surface area contributed by atoms with Crippen LogP contribution >= 0.6 is 23.7 Å². The summed E-state index contributed by atoms with van der Waals surface area (Å²) in [6.45, 7) is 7.93. The van der Waals surface area contributed by atoms with Crippen molar-refractivity contribution in [3.8, 4) is 0 Å². The van der Waals surface area contributed by atoms with Gasteiger partial charge in [0.25, 0.3) is 0 Å². The lowest BCUT2D eigenvalue weighted by atomic mass is 9.82. The zero-order chi connectivity index (χ0) is 13.2. The summed E-state index contributed by atoms with van der Waals surface area (Å²) in [4.78, 5) is 18.0. The average molecular weight is 304 g/mol. The van der Waals surface area contributed by atoms with Gasteiger partial charge in [0.05, 0.1) is 11.1 Å². The van der Waals surface area contributed by atoms with Crippen LogP contribution < -0.4 is 10.6 Å². The molecule has 1 fully saturated rings. The second-order valence-corrected chi connectivity index (χ2v) is 6.37. The van der Waals surface area contributed by atoms with Gasteiger partial charge < -0.3 is 10.6 Å². The van der Waals surface area contributed by atoms with Crippen molar-refractivity contribution in [3.63, 3.8) is 0 Å². The quantitative estimate of drug-likeness (QED) is 0.903. The Labute approximate surface area is 124 Å². The van der Waals surface area contributed by atoms with E-state index in [1.54, 1.807) is 11.3 Å². The fourth-order valence-corrected chi connectivity index (χ4v) is 3.20. The highest BCUT2D eigenvalue weighted by atomic mass is 35.5. The molecular formula is C13H22ClN3OS. The van der Waals surface area contributed by atoms with Gasteiger partial charge in [0.1, 0.15) is 0 Å². The Balaban J connectivity index is 0.00000180. The van der Waals surface area contributed by atoms with E-state index in [-0.39, 0.29) is 23.7 Å². The number of thiazole rings is 1. The lowest BCUT2D eigenvalue weighted by Gasteiger charge is -2.32. The number of hydrogen-bond donors (Lipinski definition) is 2. The molecule has 1 unspecified atom stereocenters. The Hall–Kier alpha value is -0.650. The van der Waals surface area contributed by atoms with Crippen LogP contribution in [0.5, 0.6) is 0 Å². The van der Waals surface area contributed by atoms with Crippen molar-refractivity contribution in [2.45, 2.75) is 40.0 Å². The van der Waals surface area contributed by atoms with Crippen LogP contribution in [-0.4, -0.2) is 24.0 Å². The molecule has 1 aliphatic rings. The average Bonchev–Trinajstić information content (AvgIpc) is 2.70. The van der Waals surface area contributed by atoms with Gasteiger partial charge in [-0.1, -0.05) is 6.92 Å². The molecule has 0 radical (unpaired) electrons. The number of carbonyl (C=O) groups excluding carboxylic acids is 1. The van der Waals surface area contributed by atoms with Crippen molar-refractivity contribution in [2.75, 3.05) is 18.4 Å². The monoisotopic (exact) mass is 303 g/mol. The third-order valence-electron chi connectivity index (χ3n) is 3.59. The summed E-state index contributed by atoms with van der Waals surface area (Å²) < 4.78 is 0. The molecule has 6 heteroatoms. The molecule has 19 heavy (non-hydrogen) atoms. The molecule has 0 saturated carbocycles. The Morgan fingerprint density at radius 1 is 1.58 bits per heavy atom. The zero-order valence-electron chi connectivity index (χ0n) is 11.7. The van der Waals surface area contributed by atoms with Crippen molar-refractivity contribution in [3.05, 3.63) is 10.6 Å². The van der Waals surface area contributed by atoms with E-state index in [9.17, 15) is 4.79 Å². The zero-order valence-corrected chi connectivity index (χ0v) is 13.3. The predicted molar refractivity (Wildman–Crippen MR) is 82.3 cm³/mol. The summed E-state index contributed by atoms with van der Waals surface area (Å²) in [5.41, 5.74) is 0.784. The number of nitrogens with one attached hydrogen (secondary N) is 2. The van der Waals surface area contributed by atoms with Gasteiger partial charge in [-0.25, -0.2) is 4.98 Å². The van der Waals surface area contributed by atoms with Crippen molar-refractivity contribution in [2.24, 2.45) is 5.41 Å². The number of rotatable bonds is 3. The van der Waals surface area contributed by atoms with E-state index in [2.05, 4.69) is 29.5 Å². The maximum Gasteiger partial charge on any atom is 0.233 e. The topological polar surface area (TPSA) is 54.0 Å². The minimum absolute atomic E-state index is 0. The van der Waals surface area contributed by atoms with Crippen LogP contribution in [0.15, 0.2) is 0 Å². The largest absolute Gasteiger partial charge is 0.316 e. The maximum atomic E-state index is 12.3. The highest BCUT2D eigenvalue weighted by molar-refractivity contribution is 7.15. The molecule has 2 heterocycles. The lowest BCUT2D eigenvalue weighted by molar-refractivity contribution is -0.125. The van der Waals surface area contributed by atoms with Gasteiger partial charge in [-0.05, 0) is 39.7 Å². The molecule has 1 aromatic heterocycles. The van der Waals surface area contributed by atoms with Crippen LogP contribution in [0.4, 0.5) is 5.13 Å². The van der Waals surface area contributed by atoms with Crippen LogP contribution in [0.3, 0.4) is 0 Å². The van der Waals surface area contributed by atoms with Gasteiger partial charge in [-0.3, -0.25) is 4.79 Å². The van der Waals surface area contributed by atoms with Crippen molar-refractivity contribution in [1.29, 1.82) is 0 Å². The second kappa shape index (κ2) is 6.68. The van der Waals surface area contributed by atoms with E-state index in [1.165, 1.54) is 4.88 Å². The Kier molecular flexibility index (Phi) is 5.77. The molecule has 0 bridgehead atoms. The van der Waals surface area contributed by atoms with Crippen LogP contribution in [0.1, 0.15) is 37.3 Å². The molecule has 0 spiro atoms. The fraction of sp³-hybridized carbons (Fsp3) is 0.692. The van der Waals surface area contributed by atoms with E-state index >= 15 is 0 Å². The lowest BCUT2D eigenvalue weighted by Crippen LogP contribution is -2.46. The molecule has 0 aromatic carbocycles. The van der Waals surface area contributed by atoms with Gasteiger partial charge in [-0.2, -0.15) is 0 Å². The third-order valence-corrected chi connectivity index (χ3v) is 4.52. The molecule has 1 atom stereocenters. The number of hydrogen-bond acceptors (Lipinski definition) is 4. The molecule has 108 valence electrons. The summed E-state index contributed by atoms with van der Waals surface area (Å²) in [6.07, 6.45) is 2.91. The first-order valence-electron chi connectivity index (χ1n) is 6.53. The Morgan fingerprint density at radius 3 is 2.84 bits per heavy atom. The highest BCUT2D eigenvalue weighted by Gasteiger charge is 2.35. The van der Waals surface area contributed by atoms with Crippen LogP contribution in [0.25, 0.3) is 0 Å². The van der Waals surface area contributed by atoms with Gasteiger partial charge in [0.15, 0.2) is 5.13 Å². The Bertz CT molecular complexity index is 441. The summed E-state index contributed by atoms with van der Waals surface area (Å²) in [5, 5.41) is 7.01. The molecule has 1 saturated heterocycles. The number of aromatic nitrogens is 1. The maximum absolute atomic E-state index is 12.3. The number of piperidine rings is 1. The van der Waals surface area contributed by atoms with E-state index in [0.717, 1.165) is 43.2 Å². The summed E-state index contributed by atoms with van der Waals surface area (Å²) in [5.74, 6) is 0.0890. The molecule has 2 N–H and O–H groups in total. The molecule has 4 nitrogen and oxygen atoms in total. The third kappa shape index (κ3) is 3.68. The number of aryl methyl sites for hydroxylation is 2. The smallest absolute Gasteiger partial charge is 0.233 e. The molecule has 1 amide bonds. The molecular weight excluding hydrogens is 282 g/mol. The first-order chi connectivity index (χ1) is 8.55. The van der Waals surface area contributed by atoms with Crippen molar-refractivity contribution >= 4 is 34.8 Å². The molecule has 2 rings (SSSR count). The standard InChI is InChI=1S/C13H21N3OS.ClH/c1-4-10-9(2)18-12(15-10)16-11(17)13(3)6-5-7-14-8-13;/h14H,4-8H2,1-3H3,(H,15,16,17);1H. The minimum atomic E-state index is -0.301. The predicted octanol–water partition coefficient (Wildman–Crippen LogP) is 2.76. The van der Waals surface area contributed by atoms with Crippen LogP contribution in [-0.2, 0) is 11.2 Å². The summed E-state index contributed by atoms with van der Waals surface area (Å²) >= 11 is 1.57. The number of amides is 1. The second-order valence-electron chi connectivity index (χ2n) is 5.17. The first kappa shape index (κ1) is 16.4. The highest BCUT2D eigenvalue weighted by Crippen LogP contribution is 2.29. The minimum Gasteiger partial charge on any atom is -0.316 e.